The Morgan fingerprint density at radius 1 is 1.04 bits per heavy atom. The molecule has 4 unspecified atom stereocenters. The van der Waals surface area contributed by atoms with Crippen LogP contribution in [0.3, 0.4) is 0 Å². The van der Waals surface area contributed by atoms with E-state index in [1.165, 1.54) is 29.8 Å². The monoisotopic (exact) mass is 681 g/mol. The first-order chi connectivity index (χ1) is 21.7. The molecule has 0 aliphatic carbocycles. The maximum atomic E-state index is 14.1. The second-order valence-corrected chi connectivity index (χ2v) is 12.1. The van der Waals surface area contributed by atoms with E-state index in [1.54, 1.807) is 18.2 Å². The number of nitrogens with zero attached hydrogens (tertiary/aromatic N) is 3. The van der Waals surface area contributed by atoms with Crippen molar-refractivity contribution in [2.75, 3.05) is 20.3 Å². The smallest absolute Gasteiger partial charge is 0.331 e. The molecule has 6 atom stereocenters. The second-order valence-electron chi connectivity index (χ2n) is 10.1. The number of ether oxygens (including phenoxy) is 5. The van der Waals surface area contributed by atoms with Crippen molar-refractivity contribution in [1.29, 1.82) is 0 Å². The van der Waals surface area contributed by atoms with Gasteiger partial charge in [-0.25, -0.2) is 22.6 Å². The van der Waals surface area contributed by atoms with Crippen LogP contribution in [0.5, 0.6) is 0 Å². The Hall–Kier alpha value is -3.17. The predicted octanol–water partition coefficient (Wildman–Crippen LogP) is 6.40. The average Bonchev–Trinajstić information content (AvgIpc) is 3.54. The minimum Gasteiger partial charge on any atom is -0.467 e. The number of esters is 1. The van der Waals surface area contributed by atoms with Crippen LogP contribution >= 0.6 is 35.0 Å². The standard InChI is InChI=1S/C30H24Cl2F3N3O6S/c1-40-24(39)14-41-28-26(38-12-22(36-37-38)16-9-20(33)25(35)21(34)10-16)27-23(13-42-29(44-27)15-5-3-2-4-6-15)43-30(28)45-17-7-8-18(31)19(32)11-17/h2-12,23,26-30H,13-14H2,1H3/t23?,26?,27-,28?,29?,30+/m0/s1. The van der Waals surface area contributed by atoms with Gasteiger partial charge < -0.3 is 23.7 Å². The van der Waals surface area contributed by atoms with Crippen LogP contribution in [0, 0.1) is 17.5 Å². The number of halogens is 5. The maximum Gasteiger partial charge on any atom is 0.331 e. The highest BCUT2D eigenvalue weighted by atomic mass is 35.5. The Morgan fingerprint density at radius 3 is 2.51 bits per heavy atom. The molecule has 45 heavy (non-hydrogen) atoms. The fourth-order valence-electron chi connectivity index (χ4n) is 5.09. The summed E-state index contributed by atoms with van der Waals surface area (Å²) in [5, 5.41) is 9.06. The van der Waals surface area contributed by atoms with Crippen LogP contribution < -0.4 is 0 Å². The van der Waals surface area contributed by atoms with E-state index in [-0.39, 0.29) is 17.9 Å². The van der Waals surface area contributed by atoms with Crippen molar-refractivity contribution in [2.45, 2.75) is 41.0 Å². The summed E-state index contributed by atoms with van der Waals surface area (Å²) in [4.78, 5) is 12.9. The summed E-state index contributed by atoms with van der Waals surface area (Å²) in [7, 11) is 1.23. The van der Waals surface area contributed by atoms with Crippen molar-refractivity contribution >= 4 is 40.9 Å². The van der Waals surface area contributed by atoms with Gasteiger partial charge in [-0.3, -0.25) is 0 Å². The van der Waals surface area contributed by atoms with Gasteiger partial charge in [-0.1, -0.05) is 70.5 Å². The summed E-state index contributed by atoms with van der Waals surface area (Å²) in [6, 6.07) is 15.1. The number of aromatic nitrogens is 3. The molecule has 236 valence electrons. The van der Waals surface area contributed by atoms with Crippen LogP contribution in [-0.2, 0) is 28.5 Å². The van der Waals surface area contributed by atoms with Gasteiger partial charge in [0.2, 0.25) is 0 Å². The molecule has 1 aromatic heterocycles. The number of benzene rings is 3. The fourth-order valence-corrected chi connectivity index (χ4v) is 6.62. The van der Waals surface area contributed by atoms with Gasteiger partial charge in [-0.15, -0.1) is 5.10 Å². The van der Waals surface area contributed by atoms with E-state index in [0.29, 0.717) is 14.9 Å². The Bertz CT molecular complexity index is 1660. The summed E-state index contributed by atoms with van der Waals surface area (Å²) in [6.45, 7) is -0.315. The van der Waals surface area contributed by atoms with Crippen LogP contribution in [-0.4, -0.2) is 65.0 Å². The lowest BCUT2D eigenvalue weighted by atomic mass is 9.95. The third kappa shape index (κ3) is 6.85. The summed E-state index contributed by atoms with van der Waals surface area (Å²) < 4.78 is 73.2. The molecule has 3 heterocycles. The van der Waals surface area contributed by atoms with Crippen LogP contribution in [0.4, 0.5) is 13.2 Å². The molecule has 2 saturated heterocycles. The first-order valence-corrected chi connectivity index (χ1v) is 15.2. The van der Waals surface area contributed by atoms with Gasteiger partial charge in [-0.2, -0.15) is 0 Å². The molecule has 0 saturated carbocycles. The summed E-state index contributed by atoms with van der Waals surface area (Å²) in [5.41, 5.74) is -0.00875. The lowest BCUT2D eigenvalue weighted by Gasteiger charge is -2.49. The van der Waals surface area contributed by atoms with Gasteiger partial charge >= 0.3 is 5.97 Å². The van der Waals surface area contributed by atoms with Gasteiger partial charge in [0.25, 0.3) is 0 Å². The zero-order chi connectivity index (χ0) is 31.7. The molecule has 2 fully saturated rings. The first kappa shape index (κ1) is 31.8. The number of rotatable bonds is 8. The number of methoxy groups -OCH3 is 1. The van der Waals surface area contributed by atoms with E-state index in [4.69, 9.17) is 46.9 Å². The minimum absolute atomic E-state index is 0.0370. The Kier molecular flexibility index (Phi) is 9.66. The molecule has 3 aromatic carbocycles. The molecule has 2 aliphatic rings. The van der Waals surface area contributed by atoms with Crippen molar-refractivity contribution < 1.29 is 41.7 Å². The normalized spacial score (nSPS) is 24.7. The van der Waals surface area contributed by atoms with Crippen molar-refractivity contribution in [3.63, 3.8) is 0 Å². The SMILES string of the molecule is COC(=O)COC1C(n2cc(-c3cc(F)c(F)c(F)c3)nn2)[C@H]2OC(c3ccccc3)OCC2O[C@@H]1Sc1ccc(Cl)c(Cl)c1. The predicted molar refractivity (Wildman–Crippen MR) is 157 cm³/mol. The highest BCUT2D eigenvalue weighted by molar-refractivity contribution is 7.99. The summed E-state index contributed by atoms with van der Waals surface area (Å²) in [6.07, 6.45) is -1.70. The van der Waals surface area contributed by atoms with Gasteiger partial charge in [-0.05, 0) is 30.3 Å². The zero-order valence-electron chi connectivity index (χ0n) is 23.3. The lowest BCUT2D eigenvalue weighted by Crippen LogP contribution is -2.59. The van der Waals surface area contributed by atoms with Crippen molar-refractivity contribution in [2.24, 2.45) is 0 Å². The summed E-state index contributed by atoms with van der Waals surface area (Å²) in [5.74, 6) is -4.98. The Morgan fingerprint density at radius 2 is 1.80 bits per heavy atom. The molecule has 4 aromatic rings. The van der Waals surface area contributed by atoms with E-state index in [1.807, 2.05) is 30.3 Å². The van der Waals surface area contributed by atoms with Gasteiger partial charge in [0.15, 0.2) is 23.7 Å². The number of thioether (sulfide) groups is 1. The molecule has 0 bridgehead atoms. The van der Waals surface area contributed by atoms with E-state index in [2.05, 4.69) is 10.3 Å². The average molecular weight is 683 g/mol. The molecule has 6 rings (SSSR count). The third-order valence-corrected chi connectivity index (χ3v) is 9.12. The summed E-state index contributed by atoms with van der Waals surface area (Å²) >= 11 is 13.7. The number of carbonyl (C=O) groups excluding carboxylic acids is 1. The Balaban J connectivity index is 1.41. The zero-order valence-corrected chi connectivity index (χ0v) is 25.6. The Labute approximate surface area is 269 Å². The topological polar surface area (TPSA) is 93.9 Å². The second kappa shape index (κ2) is 13.7. The molecule has 0 radical (unpaired) electrons. The van der Waals surface area contributed by atoms with Gasteiger partial charge in [0.05, 0.1) is 30.0 Å². The number of fused-ring (bicyclic) bond motifs is 1. The molecule has 0 amide bonds. The van der Waals surface area contributed by atoms with Gasteiger partial charge in [0.1, 0.15) is 42.1 Å². The van der Waals surface area contributed by atoms with E-state index < -0.39 is 66.1 Å². The van der Waals surface area contributed by atoms with Crippen LogP contribution in [0.15, 0.2) is 71.8 Å². The van der Waals surface area contributed by atoms with Gasteiger partial charge in [0, 0.05) is 16.0 Å². The van der Waals surface area contributed by atoms with E-state index >= 15 is 0 Å². The largest absolute Gasteiger partial charge is 0.467 e. The highest BCUT2D eigenvalue weighted by Crippen LogP contribution is 2.45. The number of carbonyl (C=O) groups is 1. The van der Waals surface area contributed by atoms with E-state index in [0.717, 1.165) is 17.7 Å². The van der Waals surface area contributed by atoms with Crippen LogP contribution in [0.25, 0.3) is 11.3 Å². The molecular weight excluding hydrogens is 658 g/mol. The third-order valence-electron chi connectivity index (χ3n) is 7.24. The maximum absolute atomic E-state index is 14.1. The number of hydrogen-bond donors (Lipinski definition) is 0. The van der Waals surface area contributed by atoms with Crippen molar-refractivity contribution in [1.82, 2.24) is 15.0 Å². The fraction of sp³-hybridized carbons (Fsp3) is 0.300. The molecule has 0 spiro atoms. The molecule has 15 heteroatoms. The molecular formula is C30H24Cl2F3N3O6S. The van der Waals surface area contributed by atoms with Crippen molar-refractivity contribution in [3.05, 3.63) is 99.9 Å². The lowest BCUT2D eigenvalue weighted by molar-refractivity contribution is -0.310. The molecule has 9 nitrogen and oxygen atoms in total. The van der Waals surface area contributed by atoms with Crippen molar-refractivity contribution in [3.8, 4) is 11.3 Å². The molecule has 0 N–H and O–H groups in total. The minimum atomic E-state index is -1.60. The quantitative estimate of drug-likeness (QED) is 0.155. The first-order valence-electron chi connectivity index (χ1n) is 13.6. The van der Waals surface area contributed by atoms with Crippen LogP contribution in [0.1, 0.15) is 17.9 Å². The van der Waals surface area contributed by atoms with Crippen LogP contribution in [0.2, 0.25) is 10.0 Å². The molecule has 2 aliphatic heterocycles. The van der Waals surface area contributed by atoms with E-state index in [9.17, 15) is 18.0 Å². The number of hydrogen-bond acceptors (Lipinski definition) is 9. The highest BCUT2D eigenvalue weighted by Gasteiger charge is 2.52.